The molecule has 1 saturated carbocycles. The second kappa shape index (κ2) is 8.71. The summed E-state index contributed by atoms with van der Waals surface area (Å²) in [7, 11) is 1.78. The zero-order valence-electron chi connectivity index (χ0n) is 12.5. The van der Waals surface area contributed by atoms with Crippen LogP contribution in [0, 0.1) is 5.92 Å². The third-order valence-corrected chi connectivity index (χ3v) is 5.86. The molecule has 0 aromatic heterocycles. The minimum Gasteiger partial charge on any atom is -0.385 e. The molecule has 2 nitrogen and oxygen atoms in total. The van der Waals surface area contributed by atoms with E-state index >= 15 is 0 Å². The van der Waals surface area contributed by atoms with Crippen LogP contribution in [-0.2, 0) is 4.74 Å². The van der Waals surface area contributed by atoms with Gasteiger partial charge in [-0.05, 0) is 55.4 Å². The molecular formula is C17H27NOS. The summed E-state index contributed by atoms with van der Waals surface area (Å²) in [4.78, 5) is 0. The van der Waals surface area contributed by atoms with Crippen LogP contribution in [0.2, 0.25) is 0 Å². The number of benzene rings is 1. The molecule has 20 heavy (non-hydrogen) atoms. The van der Waals surface area contributed by atoms with E-state index in [0.29, 0.717) is 5.92 Å². The maximum Gasteiger partial charge on any atom is 0.0470 e. The highest BCUT2D eigenvalue weighted by Crippen LogP contribution is 2.41. The fraction of sp³-hybridized carbons (Fsp3) is 0.647. The monoisotopic (exact) mass is 293 g/mol. The summed E-state index contributed by atoms with van der Waals surface area (Å²) in [6, 6.07) is 11.0. The predicted molar refractivity (Wildman–Crippen MR) is 88.3 cm³/mol. The van der Waals surface area contributed by atoms with E-state index < -0.39 is 0 Å². The van der Waals surface area contributed by atoms with E-state index in [-0.39, 0.29) is 0 Å². The largest absolute Gasteiger partial charge is 0.385 e. The molecule has 3 unspecified atom stereocenters. The van der Waals surface area contributed by atoms with Gasteiger partial charge in [-0.1, -0.05) is 30.3 Å². The Hall–Kier alpha value is -0.510. The van der Waals surface area contributed by atoms with E-state index in [1.165, 1.54) is 30.6 Å². The van der Waals surface area contributed by atoms with Crippen LogP contribution in [0.1, 0.15) is 37.2 Å². The van der Waals surface area contributed by atoms with Crippen LogP contribution in [0.5, 0.6) is 0 Å². The number of hydrogen-bond donors (Lipinski definition) is 1. The van der Waals surface area contributed by atoms with Gasteiger partial charge >= 0.3 is 0 Å². The van der Waals surface area contributed by atoms with Crippen LogP contribution >= 0.6 is 11.8 Å². The van der Waals surface area contributed by atoms with Gasteiger partial charge < -0.3 is 10.5 Å². The van der Waals surface area contributed by atoms with E-state index in [0.717, 1.165) is 30.7 Å². The standard InChI is InChI=1S/C17H27NOS/c1-19-10-5-11-20-17-12-15(8-9-16(17)13-18)14-6-3-2-4-7-14/h2-4,6-7,15-17H,5,8-13,18H2,1H3. The molecular weight excluding hydrogens is 266 g/mol. The second-order valence-corrected chi connectivity index (χ2v) is 7.02. The van der Waals surface area contributed by atoms with Crippen molar-refractivity contribution in [1.82, 2.24) is 0 Å². The van der Waals surface area contributed by atoms with Gasteiger partial charge in [-0.3, -0.25) is 0 Å². The molecule has 2 rings (SSSR count). The molecule has 0 bridgehead atoms. The first-order chi connectivity index (χ1) is 9.85. The Kier molecular flexibility index (Phi) is 6.91. The van der Waals surface area contributed by atoms with E-state index in [1.54, 1.807) is 7.11 Å². The molecule has 0 saturated heterocycles. The Morgan fingerprint density at radius 3 is 2.75 bits per heavy atom. The average molecular weight is 293 g/mol. The Balaban J connectivity index is 1.89. The molecule has 1 aromatic rings. The number of ether oxygens (including phenoxy) is 1. The fourth-order valence-corrected chi connectivity index (χ4v) is 4.61. The molecule has 0 radical (unpaired) electrons. The van der Waals surface area contributed by atoms with Gasteiger partial charge in [0.1, 0.15) is 0 Å². The minimum absolute atomic E-state index is 0.697. The smallest absolute Gasteiger partial charge is 0.0470 e. The molecule has 3 atom stereocenters. The summed E-state index contributed by atoms with van der Waals surface area (Å²) in [5.74, 6) is 2.61. The van der Waals surface area contributed by atoms with Crippen molar-refractivity contribution in [2.75, 3.05) is 26.0 Å². The highest BCUT2D eigenvalue weighted by molar-refractivity contribution is 7.99. The normalized spacial score (nSPS) is 26.6. The molecule has 2 N–H and O–H groups in total. The number of rotatable bonds is 7. The summed E-state index contributed by atoms with van der Waals surface area (Å²) >= 11 is 2.11. The lowest BCUT2D eigenvalue weighted by Gasteiger charge is -2.35. The molecule has 1 aromatic carbocycles. The van der Waals surface area contributed by atoms with Crippen LogP contribution in [-0.4, -0.2) is 31.3 Å². The lowest BCUT2D eigenvalue weighted by Crippen LogP contribution is -2.32. The summed E-state index contributed by atoms with van der Waals surface area (Å²) < 4.78 is 5.14. The molecule has 1 aliphatic carbocycles. The molecule has 0 aliphatic heterocycles. The summed E-state index contributed by atoms with van der Waals surface area (Å²) in [6.45, 7) is 1.71. The first-order valence-electron chi connectivity index (χ1n) is 7.70. The molecule has 1 aliphatic rings. The van der Waals surface area contributed by atoms with Crippen LogP contribution in [0.4, 0.5) is 0 Å². The maximum absolute atomic E-state index is 5.97. The lowest BCUT2D eigenvalue weighted by molar-refractivity contribution is 0.200. The Morgan fingerprint density at radius 2 is 2.05 bits per heavy atom. The zero-order valence-corrected chi connectivity index (χ0v) is 13.3. The SMILES string of the molecule is COCCCSC1CC(c2ccccc2)CCC1CN. The molecule has 0 heterocycles. The van der Waals surface area contributed by atoms with Crippen molar-refractivity contribution in [3.63, 3.8) is 0 Å². The third kappa shape index (κ3) is 4.51. The Morgan fingerprint density at radius 1 is 1.25 bits per heavy atom. The van der Waals surface area contributed by atoms with Crippen LogP contribution < -0.4 is 5.73 Å². The molecule has 1 fully saturated rings. The molecule has 0 spiro atoms. The van der Waals surface area contributed by atoms with Gasteiger partial charge in [-0.15, -0.1) is 0 Å². The number of thioether (sulfide) groups is 1. The van der Waals surface area contributed by atoms with E-state index in [1.807, 2.05) is 0 Å². The maximum atomic E-state index is 5.97. The average Bonchev–Trinajstić information content (AvgIpc) is 2.52. The van der Waals surface area contributed by atoms with Crippen LogP contribution in [0.25, 0.3) is 0 Å². The first-order valence-corrected chi connectivity index (χ1v) is 8.75. The number of nitrogens with two attached hydrogens (primary N) is 1. The molecule has 3 heteroatoms. The van der Waals surface area contributed by atoms with E-state index in [2.05, 4.69) is 42.1 Å². The van der Waals surface area contributed by atoms with Crippen LogP contribution in [0.3, 0.4) is 0 Å². The molecule has 0 amide bonds. The van der Waals surface area contributed by atoms with Crippen molar-refractivity contribution >= 4 is 11.8 Å². The Labute approximate surface area is 127 Å². The van der Waals surface area contributed by atoms with Crippen molar-refractivity contribution in [2.45, 2.75) is 36.9 Å². The third-order valence-electron chi connectivity index (χ3n) is 4.33. The second-order valence-electron chi connectivity index (χ2n) is 5.67. The summed E-state index contributed by atoms with van der Waals surface area (Å²) in [6.07, 6.45) is 4.99. The van der Waals surface area contributed by atoms with Gasteiger partial charge in [0.05, 0.1) is 0 Å². The van der Waals surface area contributed by atoms with Gasteiger partial charge in [-0.25, -0.2) is 0 Å². The quantitative estimate of drug-likeness (QED) is 0.779. The summed E-state index contributed by atoms with van der Waals surface area (Å²) in [5, 5.41) is 0.718. The highest BCUT2D eigenvalue weighted by Gasteiger charge is 2.30. The minimum atomic E-state index is 0.697. The van der Waals surface area contributed by atoms with Gasteiger partial charge in [-0.2, -0.15) is 11.8 Å². The molecule has 112 valence electrons. The first kappa shape index (κ1) is 15.9. The van der Waals surface area contributed by atoms with Gasteiger partial charge in [0, 0.05) is 19.0 Å². The van der Waals surface area contributed by atoms with Gasteiger partial charge in [0.25, 0.3) is 0 Å². The fourth-order valence-electron chi connectivity index (χ4n) is 3.13. The Bertz CT molecular complexity index is 371. The van der Waals surface area contributed by atoms with Crippen molar-refractivity contribution in [1.29, 1.82) is 0 Å². The number of hydrogen-bond acceptors (Lipinski definition) is 3. The highest BCUT2D eigenvalue weighted by atomic mass is 32.2. The van der Waals surface area contributed by atoms with Crippen molar-refractivity contribution in [2.24, 2.45) is 11.7 Å². The summed E-state index contributed by atoms with van der Waals surface area (Å²) in [5.41, 5.74) is 7.48. The van der Waals surface area contributed by atoms with Crippen molar-refractivity contribution in [3.05, 3.63) is 35.9 Å². The van der Waals surface area contributed by atoms with Gasteiger partial charge in [0.2, 0.25) is 0 Å². The van der Waals surface area contributed by atoms with E-state index in [9.17, 15) is 0 Å². The van der Waals surface area contributed by atoms with Crippen molar-refractivity contribution < 1.29 is 4.74 Å². The lowest BCUT2D eigenvalue weighted by atomic mass is 9.78. The van der Waals surface area contributed by atoms with Crippen molar-refractivity contribution in [3.8, 4) is 0 Å². The van der Waals surface area contributed by atoms with Gasteiger partial charge in [0.15, 0.2) is 0 Å². The van der Waals surface area contributed by atoms with E-state index in [4.69, 9.17) is 10.5 Å². The van der Waals surface area contributed by atoms with Crippen LogP contribution in [0.15, 0.2) is 30.3 Å². The number of methoxy groups -OCH3 is 1. The zero-order chi connectivity index (χ0) is 14.2. The topological polar surface area (TPSA) is 35.2 Å². The predicted octanol–water partition coefficient (Wildman–Crippen LogP) is 3.67.